The average Bonchev–Trinajstić information content (AvgIpc) is 3.25. The topological polar surface area (TPSA) is 380 Å². The highest BCUT2D eigenvalue weighted by Crippen LogP contribution is 2.13. The van der Waals surface area contributed by atoms with E-state index < -0.39 is 83.7 Å². The number of unbranched alkanes of at least 4 members (excludes halogenated alkanes) is 3. The second-order valence-corrected chi connectivity index (χ2v) is 17.6. The van der Waals surface area contributed by atoms with Gasteiger partial charge in [-0.2, -0.15) is 0 Å². The number of nitrogens with one attached hydrogen (secondary N) is 6. The highest BCUT2D eigenvalue weighted by atomic mass is 16.4. The van der Waals surface area contributed by atoms with Crippen LogP contribution in [0.2, 0.25) is 0 Å². The van der Waals surface area contributed by atoms with Gasteiger partial charge in [-0.05, 0) is 114 Å². The minimum absolute atomic E-state index is 0.0000359. The predicted octanol–water partition coefficient (Wildman–Crippen LogP) is -0.917. The van der Waals surface area contributed by atoms with Crippen molar-refractivity contribution in [1.29, 1.82) is 0 Å². The molecule has 0 fully saturated rings. The molecule has 0 saturated carbocycles. The zero-order valence-corrected chi connectivity index (χ0v) is 39.5. The van der Waals surface area contributed by atoms with Gasteiger partial charge in [0.1, 0.15) is 36.3 Å². The van der Waals surface area contributed by atoms with Crippen molar-refractivity contribution >= 4 is 47.4 Å². The summed E-state index contributed by atoms with van der Waals surface area (Å²) in [5.74, 6) is -5.49. The van der Waals surface area contributed by atoms with E-state index in [1.807, 2.05) is 27.7 Å². The van der Waals surface area contributed by atoms with Crippen LogP contribution in [0, 0.1) is 11.8 Å². The Balaban J connectivity index is 3.52. The molecule has 1 aromatic carbocycles. The van der Waals surface area contributed by atoms with Gasteiger partial charge in [-0.15, -0.1) is 0 Å². The number of aliphatic imine (C=N–C) groups is 1. The van der Waals surface area contributed by atoms with E-state index in [0.29, 0.717) is 76.6 Å². The largest absolute Gasteiger partial charge is 0.480 e. The predicted molar refractivity (Wildman–Crippen MR) is 255 cm³/mol. The molecule has 374 valence electrons. The molecule has 21 heteroatoms. The Hall–Kier alpha value is -5.38. The van der Waals surface area contributed by atoms with Gasteiger partial charge in [0.25, 0.3) is 0 Å². The molecule has 0 heterocycles. The maximum Gasteiger partial charge on any atom is 0.326 e. The Morgan fingerprint density at radius 2 is 0.894 bits per heavy atom. The van der Waals surface area contributed by atoms with Gasteiger partial charge in [-0.25, -0.2) is 4.79 Å². The second kappa shape index (κ2) is 33.1. The number of amides is 6. The van der Waals surface area contributed by atoms with Crippen molar-refractivity contribution in [3.8, 4) is 0 Å². The smallest absolute Gasteiger partial charge is 0.326 e. The molecule has 0 aliphatic carbocycles. The van der Waals surface area contributed by atoms with Crippen LogP contribution in [0.5, 0.6) is 0 Å². The first-order valence-corrected chi connectivity index (χ1v) is 23.3. The number of guanidine groups is 1. The van der Waals surface area contributed by atoms with Gasteiger partial charge < -0.3 is 71.4 Å². The summed E-state index contributed by atoms with van der Waals surface area (Å²) in [7, 11) is 0. The second-order valence-electron chi connectivity index (χ2n) is 17.6. The molecule has 0 saturated heterocycles. The fourth-order valence-electron chi connectivity index (χ4n) is 7.03. The van der Waals surface area contributed by atoms with Crippen LogP contribution in [0.3, 0.4) is 0 Å². The first kappa shape index (κ1) is 58.6. The lowest BCUT2D eigenvalue weighted by atomic mass is 9.99. The zero-order valence-electron chi connectivity index (χ0n) is 39.5. The van der Waals surface area contributed by atoms with Gasteiger partial charge in [-0.1, -0.05) is 64.4 Å². The molecule has 0 unspecified atom stereocenters. The number of hydrogen-bond acceptors (Lipinski definition) is 12. The zero-order chi connectivity index (χ0) is 49.6. The standard InChI is InChI=1S/C45H81N13O8/c1-28(2)25-35(56-40(61)34(20-14-24-52-45(50)51)53-38(59)31(49)17-8-11-21-46)42(63)57-36(27-30-15-6-5-7-16-30)43(64)55-32(18-9-12-22-47)39(60)54-33(19-10-13-23-48)41(62)58-37(44(65)66)26-29(3)4/h5-7,15-16,28-29,31-37H,8-14,17-27,46-49H2,1-4H3,(H,53,59)(H,54,60)(H,55,64)(H,56,61)(H,57,63)(H,58,62)(H,65,66)(H4,50,51,52)/t31-,32-,33-,34-,35-,36-,37-/m0/s1. The van der Waals surface area contributed by atoms with Crippen LogP contribution in [0.4, 0.5) is 0 Å². The summed E-state index contributed by atoms with van der Waals surface area (Å²) in [6.45, 7) is 8.64. The Morgan fingerprint density at radius 1 is 0.515 bits per heavy atom. The van der Waals surface area contributed by atoms with Crippen molar-refractivity contribution in [3.63, 3.8) is 0 Å². The Kier molecular flexibility index (Phi) is 29.4. The fraction of sp³-hybridized carbons (Fsp3) is 0.689. The quantitative estimate of drug-likeness (QED) is 0.0223. The maximum atomic E-state index is 14.4. The average molecular weight is 932 g/mol. The summed E-state index contributed by atoms with van der Waals surface area (Å²) in [6.07, 6.45) is 4.60. The highest BCUT2D eigenvalue weighted by molar-refractivity contribution is 5.97. The fourth-order valence-corrected chi connectivity index (χ4v) is 7.03. The van der Waals surface area contributed by atoms with E-state index in [1.165, 1.54) is 0 Å². The molecule has 7 atom stereocenters. The molecule has 0 spiro atoms. The number of nitrogens with zero attached hydrogens (tertiary/aromatic N) is 1. The van der Waals surface area contributed by atoms with Gasteiger partial charge in [0.15, 0.2) is 5.96 Å². The number of benzene rings is 1. The minimum atomic E-state index is -1.26. The molecule has 19 N–H and O–H groups in total. The molecule has 0 aromatic heterocycles. The third kappa shape index (κ3) is 24.8. The number of carbonyl (C=O) groups excluding carboxylic acids is 6. The van der Waals surface area contributed by atoms with Gasteiger partial charge in [-0.3, -0.25) is 33.8 Å². The number of carboxylic acid groups (broad SMARTS) is 1. The van der Waals surface area contributed by atoms with Crippen molar-refractivity contribution in [3.05, 3.63) is 35.9 Å². The van der Waals surface area contributed by atoms with Crippen LogP contribution >= 0.6 is 0 Å². The van der Waals surface area contributed by atoms with Crippen LogP contribution in [-0.4, -0.2) is 121 Å². The van der Waals surface area contributed by atoms with Crippen molar-refractivity contribution in [2.24, 2.45) is 51.2 Å². The summed E-state index contributed by atoms with van der Waals surface area (Å²) in [6, 6.07) is 0.932. The molecule has 0 aliphatic heterocycles. The summed E-state index contributed by atoms with van der Waals surface area (Å²) in [5, 5.41) is 26.2. The van der Waals surface area contributed by atoms with Crippen LogP contribution in [0.15, 0.2) is 35.3 Å². The lowest BCUT2D eigenvalue weighted by Gasteiger charge is -2.28. The first-order chi connectivity index (χ1) is 31.3. The molecule has 66 heavy (non-hydrogen) atoms. The van der Waals surface area contributed by atoms with E-state index in [0.717, 1.165) is 0 Å². The van der Waals surface area contributed by atoms with E-state index in [-0.39, 0.29) is 62.9 Å². The lowest BCUT2D eigenvalue weighted by molar-refractivity contribution is -0.143. The van der Waals surface area contributed by atoms with E-state index in [1.54, 1.807) is 30.3 Å². The summed E-state index contributed by atoms with van der Waals surface area (Å²) in [4.78, 5) is 99.3. The molecule has 6 amide bonds. The summed E-state index contributed by atoms with van der Waals surface area (Å²) < 4.78 is 0. The van der Waals surface area contributed by atoms with Crippen LogP contribution in [0.25, 0.3) is 0 Å². The molecule has 0 aliphatic rings. The normalized spacial score (nSPS) is 14.4. The van der Waals surface area contributed by atoms with Crippen LogP contribution in [0.1, 0.15) is 117 Å². The van der Waals surface area contributed by atoms with Gasteiger partial charge in [0, 0.05) is 13.0 Å². The van der Waals surface area contributed by atoms with Gasteiger partial charge in [0.2, 0.25) is 35.4 Å². The van der Waals surface area contributed by atoms with Gasteiger partial charge >= 0.3 is 5.97 Å². The first-order valence-electron chi connectivity index (χ1n) is 23.3. The number of rotatable bonds is 35. The van der Waals surface area contributed by atoms with E-state index in [4.69, 9.17) is 34.4 Å². The van der Waals surface area contributed by atoms with Crippen molar-refractivity contribution in [1.82, 2.24) is 31.9 Å². The molecule has 0 radical (unpaired) electrons. The number of carbonyl (C=O) groups is 7. The lowest BCUT2D eigenvalue weighted by Crippen LogP contribution is -2.60. The molecular weight excluding hydrogens is 851 g/mol. The third-order valence-electron chi connectivity index (χ3n) is 10.6. The number of hydrogen-bond donors (Lipinski definition) is 13. The summed E-state index contributed by atoms with van der Waals surface area (Å²) in [5.41, 5.74) is 34.8. The number of aliphatic carboxylic acids is 1. The van der Waals surface area contributed by atoms with E-state index in [9.17, 15) is 38.7 Å². The van der Waals surface area contributed by atoms with Crippen molar-refractivity contribution in [2.75, 3.05) is 26.2 Å². The Morgan fingerprint density at radius 3 is 1.35 bits per heavy atom. The molecule has 21 nitrogen and oxygen atoms in total. The van der Waals surface area contributed by atoms with Gasteiger partial charge in [0.05, 0.1) is 6.04 Å². The highest BCUT2D eigenvalue weighted by Gasteiger charge is 2.34. The van der Waals surface area contributed by atoms with E-state index >= 15 is 0 Å². The monoisotopic (exact) mass is 932 g/mol. The van der Waals surface area contributed by atoms with Crippen LogP contribution in [-0.2, 0) is 40.0 Å². The number of carboxylic acids is 1. The maximum absolute atomic E-state index is 14.4. The molecular formula is C45H81N13O8. The van der Waals surface area contributed by atoms with Crippen molar-refractivity contribution < 1.29 is 38.7 Å². The van der Waals surface area contributed by atoms with Crippen molar-refractivity contribution in [2.45, 2.75) is 160 Å². The van der Waals surface area contributed by atoms with Crippen LogP contribution < -0.4 is 66.3 Å². The molecule has 1 rings (SSSR count). The molecule has 0 bridgehead atoms. The Labute approximate surface area is 390 Å². The number of nitrogens with two attached hydrogens (primary N) is 6. The minimum Gasteiger partial charge on any atom is -0.480 e. The SMILES string of the molecule is CC(C)C[C@H](NC(=O)[C@H](CCCCN)NC(=O)[C@H](CCCCN)NC(=O)[C@H](Cc1ccccc1)NC(=O)[C@H](CC(C)C)NC(=O)[C@H](CCCN=C(N)N)NC(=O)[C@@H](N)CCCCN)C(=O)O. The molecule has 1 aromatic rings. The third-order valence-corrected chi connectivity index (χ3v) is 10.6. The Bertz CT molecular complexity index is 1660. The van der Waals surface area contributed by atoms with E-state index in [2.05, 4.69) is 36.9 Å². The summed E-state index contributed by atoms with van der Waals surface area (Å²) >= 11 is 0.